The van der Waals surface area contributed by atoms with Gasteiger partial charge >= 0.3 is 6.36 Å². The summed E-state index contributed by atoms with van der Waals surface area (Å²) in [6.07, 6.45) is 7.86. The van der Waals surface area contributed by atoms with E-state index < -0.39 is 32.5 Å². The smallest absolute Gasteiger partial charge is 0.399 e. The van der Waals surface area contributed by atoms with Crippen molar-refractivity contribution in [2.75, 3.05) is 6.67 Å². The zero-order valence-corrected chi connectivity index (χ0v) is 21.1. The molecule has 0 aromatic heterocycles. The quantitative estimate of drug-likeness (QED) is 0.165. The number of hydrogen-bond donors (Lipinski definition) is 0. The Kier molecular flexibility index (Phi) is 10.7. The lowest BCUT2D eigenvalue weighted by atomic mass is 9.73. The van der Waals surface area contributed by atoms with Crippen molar-refractivity contribution in [1.82, 2.24) is 0 Å². The number of alkyl halides is 4. The Morgan fingerprint density at radius 3 is 2.03 bits per heavy atom. The van der Waals surface area contributed by atoms with Crippen LogP contribution in [0.3, 0.4) is 0 Å². The lowest BCUT2D eigenvalue weighted by Gasteiger charge is -2.37. The van der Waals surface area contributed by atoms with Crippen molar-refractivity contribution >= 4 is 8.80 Å². The molecule has 0 bridgehead atoms. The maximum atomic E-state index is 13.8. The molecule has 0 radical (unpaired) electrons. The summed E-state index contributed by atoms with van der Waals surface area (Å²) in [5.74, 6) is -1.57. The highest BCUT2D eigenvalue weighted by atomic mass is 28.3. The van der Waals surface area contributed by atoms with Crippen LogP contribution in [-0.2, 0) is 6.42 Å². The molecule has 2 fully saturated rings. The average Bonchev–Trinajstić information content (AvgIpc) is 2.80. The molecule has 8 heteroatoms. The number of halogens is 6. The molecule has 2 aliphatic rings. The van der Waals surface area contributed by atoms with Crippen molar-refractivity contribution < 1.29 is 31.1 Å². The molecule has 1 aliphatic heterocycles. The van der Waals surface area contributed by atoms with Gasteiger partial charge in [-0.05, 0) is 67.6 Å². The van der Waals surface area contributed by atoms with Gasteiger partial charge in [-0.1, -0.05) is 63.1 Å². The maximum Gasteiger partial charge on any atom is 0.573 e. The minimum absolute atomic E-state index is 0.169. The molecule has 34 heavy (non-hydrogen) atoms. The number of rotatable bonds is 11. The van der Waals surface area contributed by atoms with Gasteiger partial charge in [0.1, 0.15) is 0 Å². The Bertz CT molecular complexity index is 716. The minimum atomic E-state index is -5.12. The molecular formula is C26H38F6OSi. The van der Waals surface area contributed by atoms with Crippen LogP contribution < -0.4 is 4.74 Å². The van der Waals surface area contributed by atoms with Crippen LogP contribution in [0.2, 0.25) is 18.1 Å². The molecule has 194 valence electrons. The second kappa shape index (κ2) is 13.2. The van der Waals surface area contributed by atoms with E-state index in [-0.39, 0.29) is 6.67 Å². The van der Waals surface area contributed by atoms with Crippen LogP contribution in [0, 0.1) is 29.4 Å². The van der Waals surface area contributed by atoms with Crippen LogP contribution in [0.15, 0.2) is 12.1 Å². The summed E-state index contributed by atoms with van der Waals surface area (Å²) >= 11 is 0. The molecule has 0 atom stereocenters. The predicted octanol–water partition coefficient (Wildman–Crippen LogP) is 8.77. The minimum Gasteiger partial charge on any atom is -0.399 e. The van der Waals surface area contributed by atoms with Crippen molar-refractivity contribution in [3.63, 3.8) is 0 Å². The fraction of sp³-hybridized carbons (Fsp3) is 0.769. The number of benzene rings is 1. The molecule has 1 saturated carbocycles. The zero-order chi connectivity index (χ0) is 24.6. The summed E-state index contributed by atoms with van der Waals surface area (Å²) in [6.45, 7) is -0.169. The number of aryl methyl sites for hydroxylation is 1. The Balaban J connectivity index is 1.31. The first-order valence-electron chi connectivity index (χ1n) is 13.0. The van der Waals surface area contributed by atoms with E-state index in [9.17, 15) is 26.3 Å². The average molecular weight is 509 g/mol. The highest BCUT2D eigenvalue weighted by Crippen LogP contribution is 2.42. The molecule has 1 aliphatic carbocycles. The third-order valence-electron chi connectivity index (χ3n) is 8.05. The lowest BCUT2D eigenvalue weighted by Crippen LogP contribution is -2.28. The van der Waals surface area contributed by atoms with Gasteiger partial charge in [0, 0.05) is 8.80 Å². The first-order valence-corrected chi connectivity index (χ1v) is 15.5. The van der Waals surface area contributed by atoms with E-state index in [0.29, 0.717) is 17.9 Å². The lowest BCUT2D eigenvalue weighted by molar-refractivity contribution is -0.276. The Labute approximate surface area is 201 Å². The van der Waals surface area contributed by atoms with E-state index in [4.69, 9.17) is 0 Å². The summed E-state index contributed by atoms with van der Waals surface area (Å²) in [7, 11) is -0.598. The van der Waals surface area contributed by atoms with Crippen molar-refractivity contribution in [2.24, 2.45) is 17.8 Å². The normalized spacial score (nSPS) is 25.9. The molecule has 1 aromatic rings. The molecule has 0 amide bonds. The van der Waals surface area contributed by atoms with Crippen LogP contribution in [0.1, 0.15) is 76.2 Å². The van der Waals surface area contributed by atoms with Crippen molar-refractivity contribution in [2.45, 2.75) is 102 Å². The van der Waals surface area contributed by atoms with Crippen LogP contribution in [0.4, 0.5) is 26.3 Å². The van der Waals surface area contributed by atoms with Gasteiger partial charge in [-0.3, -0.25) is 4.39 Å². The summed E-state index contributed by atoms with van der Waals surface area (Å²) in [5.41, 5.74) is 0.358. The first kappa shape index (κ1) is 27.4. The molecule has 1 nitrogen and oxygen atoms in total. The largest absolute Gasteiger partial charge is 0.573 e. The van der Waals surface area contributed by atoms with Gasteiger partial charge in [-0.25, -0.2) is 8.78 Å². The van der Waals surface area contributed by atoms with Gasteiger partial charge in [-0.2, -0.15) is 0 Å². The van der Waals surface area contributed by atoms with Gasteiger partial charge in [0.25, 0.3) is 0 Å². The highest BCUT2D eigenvalue weighted by molar-refractivity contribution is 6.58. The van der Waals surface area contributed by atoms with Crippen molar-refractivity contribution in [3.05, 3.63) is 29.3 Å². The standard InChI is InChI=1S/C26H38F6OSi/c27-13-3-4-14-34-15-11-22(12-16-34)21-9-7-19(8-10-21)5-1-2-6-20-17-23(28)25(24(29)18-20)33-26(30,31)32/h17-19,21-22,34H,1-16H2/t19-,21-,22?,34?. The second-order valence-electron chi connectivity index (χ2n) is 10.4. The molecule has 0 unspecified atom stereocenters. The Morgan fingerprint density at radius 1 is 0.824 bits per heavy atom. The van der Waals surface area contributed by atoms with Gasteiger partial charge in [0.05, 0.1) is 6.67 Å². The molecule has 1 aromatic carbocycles. The van der Waals surface area contributed by atoms with Gasteiger partial charge < -0.3 is 4.74 Å². The molecule has 0 spiro atoms. The molecule has 0 N–H and O–H groups in total. The van der Waals surface area contributed by atoms with Gasteiger partial charge in [0.15, 0.2) is 11.6 Å². The van der Waals surface area contributed by atoms with E-state index in [1.807, 2.05) is 0 Å². The number of ether oxygens (including phenoxy) is 1. The van der Waals surface area contributed by atoms with Gasteiger partial charge in [-0.15, -0.1) is 13.2 Å². The molecule has 1 heterocycles. The summed E-state index contributed by atoms with van der Waals surface area (Å²) in [4.78, 5) is 0. The van der Waals surface area contributed by atoms with Crippen molar-refractivity contribution in [1.29, 1.82) is 0 Å². The maximum absolute atomic E-state index is 13.8. The third-order valence-corrected chi connectivity index (χ3v) is 11.6. The summed E-state index contributed by atoms with van der Waals surface area (Å²) < 4.78 is 80.2. The van der Waals surface area contributed by atoms with Crippen molar-refractivity contribution in [3.8, 4) is 5.75 Å². The fourth-order valence-electron chi connectivity index (χ4n) is 6.16. The van der Waals surface area contributed by atoms with E-state index in [2.05, 4.69) is 4.74 Å². The van der Waals surface area contributed by atoms with E-state index >= 15 is 0 Å². The van der Waals surface area contributed by atoms with Gasteiger partial charge in [0.2, 0.25) is 5.75 Å². The van der Waals surface area contributed by atoms with Crippen LogP contribution >= 0.6 is 0 Å². The predicted molar refractivity (Wildman–Crippen MR) is 126 cm³/mol. The molecule has 1 saturated heterocycles. The van der Waals surface area contributed by atoms with E-state index in [1.54, 1.807) is 0 Å². The Hall–Kier alpha value is -1.18. The molecule has 3 rings (SSSR count). The monoisotopic (exact) mass is 508 g/mol. The first-order chi connectivity index (χ1) is 16.2. The molecular weight excluding hydrogens is 470 g/mol. The summed E-state index contributed by atoms with van der Waals surface area (Å²) in [6, 6.07) is 6.10. The highest BCUT2D eigenvalue weighted by Gasteiger charge is 2.34. The van der Waals surface area contributed by atoms with Crippen LogP contribution in [0.5, 0.6) is 5.75 Å². The van der Waals surface area contributed by atoms with Crippen LogP contribution in [0.25, 0.3) is 0 Å². The third kappa shape index (κ3) is 8.79. The summed E-state index contributed by atoms with van der Waals surface area (Å²) in [5, 5.41) is 0. The zero-order valence-electron chi connectivity index (χ0n) is 20.0. The SMILES string of the molecule is FCCCC[SiH]1CCC([C@H]2CC[C@H](CCCCc3cc(F)c(OC(F)(F)F)c(F)c3)CC2)CC1. The Morgan fingerprint density at radius 2 is 1.44 bits per heavy atom. The topological polar surface area (TPSA) is 9.23 Å². The second-order valence-corrected chi connectivity index (χ2v) is 13.9. The number of unbranched alkanes of at least 4 members (excludes halogenated alkanes) is 2. The van der Waals surface area contributed by atoms with E-state index in [0.717, 1.165) is 56.1 Å². The fourth-order valence-corrected chi connectivity index (χ4v) is 9.69. The van der Waals surface area contributed by atoms with Crippen LogP contribution in [-0.4, -0.2) is 21.8 Å². The number of hydrogen-bond acceptors (Lipinski definition) is 1. The van der Waals surface area contributed by atoms with E-state index in [1.165, 1.54) is 56.7 Å².